The molecule has 0 amide bonds. The Balaban J connectivity index is 0.00000106. The van der Waals surface area contributed by atoms with Crippen molar-refractivity contribution in [2.75, 3.05) is 18.0 Å². The number of hydrogen-bond acceptors (Lipinski definition) is 6. The second-order valence-electron chi connectivity index (χ2n) is 6.93. The highest BCUT2D eigenvalue weighted by atomic mass is 32.1. The number of aromatic nitrogens is 4. The molecule has 1 aliphatic rings. The molecule has 1 atom stereocenters. The molecule has 0 saturated carbocycles. The van der Waals surface area contributed by atoms with Gasteiger partial charge in [0.2, 0.25) is 0 Å². The first kappa shape index (κ1) is 20.3. The van der Waals surface area contributed by atoms with Crippen LogP contribution in [-0.4, -0.2) is 33.3 Å². The first-order chi connectivity index (χ1) is 14.8. The summed E-state index contributed by atoms with van der Waals surface area (Å²) in [6.45, 7) is 5.77. The highest BCUT2D eigenvalue weighted by Crippen LogP contribution is 2.34. The first-order valence-corrected chi connectivity index (χ1v) is 11.1. The number of fused-ring (bicyclic) bond motifs is 1. The van der Waals surface area contributed by atoms with Gasteiger partial charge in [0.1, 0.15) is 16.6 Å². The lowest BCUT2D eigenvalue weighted by Crippen LogP contribution is -2.35. The monoisotopic (exact) mass is 421 g/mol. The van der Waals surface area contributed by atoms with Gasteiger partial charge in [0.05, 0.1) is 17.2 Å². The topological polar surface area (TPSA) is 54.8 Å². The molecular formula is C23H24FN5S. The number of anilines is 1. The number of para-hydroxylation sites is 2. The van der Waals surface area contributed by atoms with Crippen LogP contribution in [0.25, 0.3) is 21.6 Å². The van der Waals surface area contributed by atoms with Gasteiger partial charge in [-0.2, -0.15) is 0 Å². The van der Waals surface area contributed by atoms with E-state index < -0.39 is 0 Å². The SMILES string of the molecule is CC.Fc1ccccc1-c1nnc(C2CCCN(c3cnc4ccccc4n3)C2)s1. The molecule has 7 heteroatoms. The molecule has 3 heterocycles. The Hall–Kier alpha value is -2.93. The van der Waals surface area contributed by atoms with Gasteiger partial charge in [-0.05, 0) is 37.1 Å². The summed E-state index contributed by atoms with van der Waals surface area (Å²) in [5.74, 6) is 0.893. The molecule has 4 aromatic rings. The molecule has 1 unspecified atom stereocenters. The van der Waals surface area contributed by atoms with E-state index >= 15 is 0 Å². The molecule has 30 heavy (non-hydrogen) atoms. The molecule has 1 fully saturated rings. The smallest absolute Gasteiger partial charge is 0.150 e. The van der Waals surface area contributed by atoms with Gasteiger partial charge in [-0.1, -0.05) is 49.4 Å². The van der Waals surface area contributed by atoms with Crippen LogP contribution in [0.2, 0.25) is 0 Å². The molecule has 0 spiro atoms. The van der Waals surface area contributed by atoms with Crippen LogP contribution in [0.1, 0.15) is 37.6 Å². The van der Waals surface area contributed by atoms with E-state index in [4.69, 9.17) is 4.98 Å². The van der Waals surface area contributed by atoms with Crippen LogP contribution in [0.3, 0.4) is 0 Å². The maximum absolute atomic E-state index is 14.1. The van der Waals surface area contributed by atoms with Crippen LogP contribution in [0, 0.1) is 5.82 Å². The summed E-state index contributed by atoms with van der Waals surface area (Å²) >= 11 is 1.48. The molecule has 5 rings (SSSR count). The van der Waals surface area contributed by atoms with E-state index in [0.29, 0.717) is 10.6 Å². The molecule has 0 aliphatic carbocycles. The molecule has 2 aromatic carbocycles. The van der Waals surface area contributed by atoms with Crippen molar-refractivity contribution in [3.05, 3.63) is 65.6 Å². The Morgan fingerprint density at radius 2 is 1.77 bits per heavy atom. The summed E-state index contributed by atoms with van der Waals surface area (Å²) in [5, 5.41) is 10.2. The minimum absolute atomic E-state index is 0.262. The summed E-state index contributed by atoms with van der Waals surface area (Å²) in [7, 11) is 0. The third-order valence-electron chi connectivity index (χ3n) is 5.08. The van der Waals surface area contributed by atoms with Crippen molar-refractivity contribution < 1.29 is 4.39 Å². The maximum Gasteiger partial charge on any atom is 0.150 e. The predicted octanol–water partition coefficient (Wildman–Crippen LogP) is 5.70. The number of piperidine rings is 1. The van der Waals surface area contributed by atoms with Gasteiger partial charge in [0, 0.05) is 24.6 Å². The molecule has 0 radical (unpaired) electrons. The third kappa shape index (κ3) is 4.16. The maximum atomic E-state index is 14.1. The zero-order chi connectivity index (χ0) is 20.9. The fourth-order valence-electron chi connectivity index (χ4n) is 3.63. The van der Waals surface area contributed by atoms with Gasteiger partial charge in [-0.3, -0.25) is 4.98 Å². The van der Waals surface area contributed by atoms with Crippen LogP contribution in [0.5, 0.6) is 0 Å². The van der Waals surface area contributed by atoms with Crippen LogP contribution in [-0.2, 0) is 0 Å². The number of benzene rings is 2. The van der Waals surface area contributed by atoms with Crippen molar-refractivity contribution in [1.29, 1.82) is 0 Å². The Labute approximate surface area is 179 Å². The molecule has 5 nitrogen and oxygen atoms in total. The van der Waals surface area contributed by atoms with Crippen molar-refractivity contribution in [3.8, 4) is 10.6 Å². The molecule has 2 aromatic heterocycles. The third-order valence-corrected chi connectivity index (χ3v) is 6.19. The van der Waals surface area contributed by atoms with Gasteiger partial charge >= 0.3 is 0 Å². The van der Waals surface area contributed by atoms with E-state index in [9.17, 15) is 4.39 Å². The van der Waals surface area contributed by atoms with Gasteiger partial charge < -0.3 is 4.90 Å². The normalized spacial score (nSPS) is 16.2. The van der Waals surface area contributed by atoms with E-state index in [2.05, 4.69) is 20.1 Å². The fourth-order valence-corrected chi connectivity index (χ4v) is 4.63. The number of nitrogens with zero attached hydrogens (tertiary/aromatic N) is 5. The Kier molecular flexibility index (Phi) is 6.28. The van der Waals surface area contributed by atoms with Crippen LogP contribution in [0.4, 0.5) is 10.2 Å². The van der Waals surface area contributed by atoms with Crippen molar-refractivity contribution in [2.45, 2.75) is 32.6 Å². The second kappa shape index (κ2) is 9.26. The van der Waals surface area contributed by atoms with E-state index in [0.717, 1.165) is 47.8 Å². The second-order valence-corrected chi connectivity index (χ2v) is 7.94. The number of halogens is 1. The van der Waals surface area contributed by atoms with E-state index in [1.54, 1.807) is 12.1 Å². The van der Waals surface area contributed by atoms with Gasteiger partial charge in [-0.25, -0.2) is 9.37 Å². The van der Waals surface area contributed by atoms with Crippen molar-refractivity contribution in [1.82, 2.24) is 20.2 Å². The predicted molar refractivity (Wildman–Crippen MR) is 120 cm³/mol. The lowest BCUT2D eigenvalue weighted by molar-refractivity contribution is 0.503. The largest absolute Gasteiger partial charge is 0.355 e. The van der Waals surface area contributed by atoms with Crippen LogP contribution >= 0.6 is 11.3 Å². The Morgan fingerprint density at radius 1 is 1.00 bits per heavy atom. The highest BCUT2D eigenvalue weighted by Gasteiger charge is 2.26. The van der Waals surface area contributed by atoms with E-state index in [1.165, 1.54) is 17.4 Å². The Bertz CT molecular complexity index is 1130. The minimum atomic E-state index is -0.262. The summed E-state index contributed by atoms with van der Waals surface area (Å²) < 4.78 is 14.1. The summed E-state index contributed by atoms with van der Waals surface area (Å²) in [5.41, 5.74) is 2.32. The van der Waals surface area contributed by atoms with Crippen molar-refractivity contribution in [2.24, 2.45) is 0 Å². The van der Waals surface area contributed by atoms with Crippen molar-refractivity contribution in [3.63, 3.8) is 0 Å². The number of rotatable bonds is 3. The Morgan fingerprint density at radius 3 is 2.60 bits per heavy atom. The van der Waals surface area contributed by atoms with Gasteiger partial charge in [0.15, 0.2) is 5.01 Å². The van der Waals surface area contributed by atoms with Gasteiger partial charge in [-0.15, -0.1) is 10.2 Å². The van der Waals surface area contributed by atoms with E-state index in [1.807, 2.05) is 50.4 Å². The fraction of sp³-hybridized carbons (Fsp3) is 0.304. The quantitative estimate of drug-likeness (QED) is 0.425. The molecular weight excluding hydrogens is 397 g/mol. The first-order valence-electron chi connectivity index (χ1n) is 10.3. The number of hydrogen-bond donors (Lipinski definition) is 0. The van der Waals surface area contributed by atoms with E-state index in [-0.39, 0.29) is 11.7 Å². The average Bonchev–Trinajstić information content (AvgIpc) is 3.31. The molecule has 1 saturated heterocycles. The summed E-state index contributed by atoms with van der Waals surface area (Å²) in [6, 6.07) is 14.6. The standard InChI is InChI=1S/C21H18FN5S.C2H6/c22-16-8-2-1-7-15(16)21-26-25-20(28-21)14-6-5-11-27(13-14)19-12-23-17-9-3-4-10-18(17)24-19;1-2/h1-4,7-10,12,14H,5-6,11,13H2;1-2H3. The summed E-state index contributed by atoms with van der Waals surface area (Å²) in [4.78, 5) is 11.6. The minimum Gasteiger partial charge on any atom is -0.355 e. The van der Waals surface area contributed by atoms with Crippen LogP contribution in [0.15, 0.2) is 54.7 Å². The lowest BCUT2D eigenvalue weighted by Gasteiger charge is -2.32. The lowest BCUT2D eigenvalue weighted by atomic mass is 9.99. The molecule has 1 aliphatic heterocycles. The zero-order valence-corrected chi connectivity index (χ0v) is 17.9. The van der Waals surface area contributed by atoms with Crippen LogP contribution < -0.4 is 4.90 Å². The molecule has 0 bridgehead atoms. The zero-order valence-electron chi connectivity index (χ0n) is 17.1. The van der Waals surface area contributed by atoms with Gasteiger partial charge in [0.25, 0.3) is 0 Å². The van der Waals surface area contributed by atoms with Crippen molar-refractivity contribution >= 4 is 28.2 Å². The molecule has 154 valence electrons. The average molecular weight is 422 g/mol. The molecule has 0 N–H and O–H groups in total. The summed E-state index contributed by atoms with van der Waals surface area (Å²) in [6.07, 6.45) is 3.94. The highest BCUT2D eigenvalue weighted by molar-refractivity contribution is 7.14.